The number of pyridine rings is 1. The summed E-state index contributed by atoms with van der Waals surface area (Å²) in [6.45, 7) is 2.17. The second-order valence-electron chi connectivity index (χ2n) is 4.83. The minimum absolute atomic E-state index is 0.112. The van der Waals surface area contributed by atoms with Crippen molar-refractivity contribution < 1.29 is 8.42 Å². The summed E-state index contributed by atoms with van der Waals surface area (Å²) in [4.78, 5) is 4.40. The number of aromatic nitrogens is 1. The molecule has 112 valence electrons. The van der Waals surface area contributed by atoms with Gasteiger partial charge in [0.1, 0.15) is 0 Å². The SMILES string of the molecule is CC(N)c1ccc(S(=O)(=O)NCCc2ccccn2)cc1. The van der Waals surface area contributed by atoms with Gasteiger partial charge in [-0.3, -0.25) is 4.98 Å². The first-order valence-corrected chi connectivity index (χ1v) is 8.22. The summed E-state index contributed by atoms with van der Waals surface area (Å²) < 4.78 is 26.9. The second kappa shape index (κ2) is 6.80. The topological polar surface area (TPSA) is 85.1 Å². The van der Waals surface area contributed by atoms with Gasteiger partial charge in [0.2, 0.25) is 10.0 Å². The number of rotatable bonds is 6. The van der Waals surface area contributed by atoms with Gasteiger partial charge < -0.3 is 5.73 Å². The summed E-state index contributed by atoms with van der Waals surface area (Å²) >= 11 is 0. The third-order valence-electron chi connectivity index (χ3n) is 3.12. The fourth-order valence-corrected chi connectivity index (χ4v) is 2.93. The van der Waals surface area contributed by atoms with Crippen LogP contribution in [0.5, 0.6) is 0 Å². The Hall–Kier alpha value is -1.76. The Bertz CT molecular complexity index is 668. The summed E-state index contributed by atoms with van der Waals surface area (Å²) in [5, 5.41) is 0. The van der Waals surface area contributed by atoms with Crippen LogP contribution in [-0.4, -0.2) is 19.9 Å². The molecule has 0 saturated heterocycles. The van der Waals surface area contributed by atoms with Gasteiger partial charge in [-0.2, -0.15) is 0 Å². The maximum atomic E-state index is 12.1. The summed E-state index contributed by atoms with van der Waals surface area (Å²) in [5.41, 5.74) is 7.50. The van der Waals surface area contributed by atoms with E-state index >= 15 is 0 Å². The summed E-state index contributed by atoms with van der Waals surface area (Å²) in [7, 11) is -3.49. The molecule has 21 heavy (non-hydrogen) atoms. The lowest BCUT2D eigenvalue weighted by atomic mass is 10.1. The van der Waals surface area contributed by atoms with Crippen molar-refractivity contribution in [2.45, 2.75) is 24.3 Å². The standard InChI is InChI=1S/C15H19N3O2S/c1-12(16)13-5-7-15(8-6-13)21(19,20)18-11-9-14-4-2-3-10-17-14/h2-8,10,12,18H,9,11,16H2,1H3. The molecule has 1 unspecified atom stereocenters. The smallest absolute Gasteiger partial charge is 0.240 e. The Morgan fingerprint density at radius 2 is 1.90 bits per heavy atom. The van der Waals surface area contributed by atoms with Gasteiger partial charge in [0.15, 0.2) is 0 Å². The number of sulfonamides is 1. The second-order valence-corrected chi connectivity index (χ2v) is 6.59. The van der Waals surface area contributed by atoms with E-state index in [1.165, 1.54) is 0 Å². The molecule has 0 fully saturated rings. The summed E-state index contributed by atoms with van der Waals surface area (Å²) in [5.74, 6) is 0. The van der Waals surface area contributed by atoms with Crippen LogP contribution >= 0.6 is 0 Å². The first-order valence-electron chi connectivity index (χ1n) is 6.74. The Balaban J connectivity index is 1.98. The lowest BCUT2D eigenvalue weighted by Gasteiger charge is -2.09. The highest BCUT2D eigenvalue weighted by Gasteiger charge is 2.13. The van der Waals surface area contributed by atoms with Gasteiger partial charge in [0.25, 0.3) is 0 Å². The van der Waals surface area contributed by atoms with Crippen molar-refractivity contribution in [1.29, 1.82) is 0 Å². The molecule has 6 heteroatoms. The largest absolute Gasteiger partial charge is 0.324 e. The van der Waals surface area contributed by atoms with Crippen LogP contribution < -0.4 is 10.5 Å². The van der Waals surface area contributed by atoms with Gasteiger partial charge in [-0.25, -0.2) is 13.1 Å². The first kappa shape index (κ1) is 15.6. The zero-order valence-electron chi connectivity index (χ0n) is 11.9. The molecule has 2 rings (SSSR count). The molecular weight excluding hydrogens is 286 g/mol. The minimum Gasteiger partial charge on any atom is -0.324 e. The van der Waals surface area contributed by atoms with Crippen molar-refractivity contribution in [3.8, 4) is 0 Å². The average molecular weight is 305 g/mol. The van der Waals surface area contributed by atoms with Crippen LogP contribution in [0.3, 0.4) is 0 Å². The quantitative estimate of drug-likeness (QED) is 0.849. The molecule has 1 heterocycles. The number of hydrogen-bond acceptors (Lipinski definition) is 4. The molecule has 5 nitrogen and oxygen atoms in total. The predicted octanol–water partition coefficient (Wildman–Crippen LogP) is 1.62. The number of nitrogens with zero attached hydrogens (tertiary/aromatic N) is 1. The van der Waals surface area contributed by atoms with E-state index in [1.807, 2.05) is 25.1 Å². The fraction of sp³-hybridized carbons (Fsp3) is 0.267. The molecule has 1 atom stereocenters. The molecule has 0 radical (unpaired) electrons. The van der Waals surface area contributed by atoms with Crippen LogP contribution in [0.1, 0.15) is 24.2 Å². The maximum Gasteiger partial charge on any atom is 0.240 e. The van der Waals surface area contributed by atoms with E-state index in [-0.39, 0.29) is 10.9 Å². The molecule has 0 amide bonds. The Morgan fingerprint density at radius 3 is 2.48 bits per heavy atom. The Kier molecular flexibility index (Phi) is 5.06. The third kappa shape index (κ3) is 4.35. The van der Waals surface area contributed by atoms with Crippen molar-refractivity contribution in [2.75, 3.05) is 6.54 Å². The van der Waals surface area contributed by atoms with Crippen LogP contribution in [0.25, 0.3) is 0 Å². The lowest BCUT2D eigenvalue weighted by molar-refractivity contribution is 0.581. The molecular formula is C15H19N3O2S. The molecule has 1 aromatic carbocycles. The van der Waals surface area contributed by atoms with Crippen molar-refractivity contribution in [2.24, 2.45) is 5.73 Å². The van der Waals surface area contributed by atoms with E-state index < -0.39 is 10.0 Å². The van der Waals surface area contributed by atoms with E-state index in [0.29, 0.717) is 13.0 Å². The van der Waals surface area contributed by atoms with Gasteiger partial charge in [0, 0.05) is 30.9 Å². The molecule has 0 aliphatic heterocycles. The highest BCUT2D eigenvalue weighted by atomic mass is 32.2. The van der Waals surface area contributed by atoms with Gasteiger partial charge in [-0.15, -0.1) is 0 Å². The van der Waals surface area contributed by atoms with Gasteiger partial charge in [-0.05, 0) is 36.8 Å². The van der Waals surface area contributed by atoms with E-state index in [1.54, 1.807) is 30.5 Å². The normalized spacial score (nSPS) is 13.0. The van der Waals surface area contributed by atoms with E-state index in [9.17, 15) is 8.42 Å². The van der Waals surface area contributed by atoms with Crippen LogP contribution in [0.2, 0.25) is 0 Å². The van der Waals surface area contributed by atoms with Crippen LogP contribution in [0.4, 0.5) is 0 Å². The zero-order valence-corrected chi connectivity index (χ0v) is 12.7. The third-order valence-corrected chi connectivity index (χ3v) is 4.59. The van der Waals surface area contributed by atoms with Gasteiger partial charge in [-0.1, -0.05) is 18.2 Å². The molecule has 0 aliphatic rings. The summed E-state index contributed by atoms with van der Waals surface area (Å²) in [6.07, 6.45) is 2.24. The molecule has 0 spiro atoms. The first-order chi connectivity index (χ1) is 9.99. The van der Waals surface area contributed by atoms with Gasteiger partial charge in [0.05, 0.1) is 4.90 Å². The molecule has 0 aliphatic carbocycles. The molecule has 2 aromatic rings. The lowest BCUT2D eigenvalue weighted by Crippen LogP contribution is -2.26. The Labute approximate surface area is 125 Å². The number of nitrogens with one attached hydrogen (secondary N) is 1. The predicted molar refractivity (Wildman–Crippen MR) is 82.2 cm³/mol. The van der Waals surface area contributed by atoms with Crippen molar-refractivity contribution >= 4 is 10.0 Å². The number of hydrogen-bond donors (Lipinski definition) is 2. The molecule has 0 bridgehead atoms. The highest BCUT2D eigenvalue weighted by molar-refractivity contribution is 7.89. The maximum absolute atomic E-state index is 12.1. The monoisotopic (exact) mass is 305 g/mol. The Morgan fingerprint density at radius 1 is 1.19 bits per heavy atom. The molecule has 0 saturated carbocycles. The van der Waals surface area contributed by atoms with Crippen molar-refractivity contribution in [3.05, 3.63) is 59.9 Å². The van der Waals surface area contributed by atoms with Crippen molar-refractivity contribution in [3.63, 3.8) is 0 Å². The van der Waals surface area contributed by atoms with Crippen molar-refractivity contribution in [1.82, 2.24) is 9.71 Å². The fourth-order valence-electron chi connectivity index (χ4n) is 1.89. The van der Waals surface area contributed by atoms with Crippen LogP contribution in [0.15, 0.2) is 53.6 Å². The molecule has 3 N–H and O–H groups in total. The van der Waals surface area contributed by atoms with Crippen LogP contribution in [0, 0.1) is 0 Å². The molecule has 1 aromatic heterocycles. The van der Waals surface area contributed by atoms with E-state index in [4.69, 9.17) is 5.73 Å². The van der Waals surface area contributed by atoms with Gasteiger partial charge >= 0.3 is 0 Å². The highest BCUT2D eigenvalue weighted by Crippen LogP contribution is 2.14. The zero-order chi connectivity index (χ0) is 15.3. The van der Waals surface area contributed by atoms with Crippen LogP contribution in [-0.2, 0) is 16.4 Å². The minimum atomic E-state index is -3.49. The van der Waals surface area contributed by atoms with E-state index in [2.05, 4.69) is 9.71 Å². The summed E-state index contributed by atoms with van der Waals surface area (Å²) in [6, 6.07) is 12.1. The number of benzene rings is 1. The van der Waals surface area contributed by atoms with E-state index in [0.717, 1.165) is 11.3 Å². The number of nitrogens with two attached hydrogens (primary N) is 1. The average Bonchev–Trinajstić information content (AvgIpc) is 2.48.